The third-order valence-electron chi connectivity index (χ3n) is 3.94. The van der Waals surface area contributed by atoms with Gasteiger partial charge < -0.3 is 10.6 Å². The second-order valence-corrected chi connectivity index (χ2v) is 7.14. The molecule has 116 valence electrons. The maximum atomic E-state index is 6.31. The van der Waals surface area contributed by atoms with Crippen molar-refractivity contribution in [2.24, 2.45) is 5.92 Å². The minimum absolute atomic E-state index is 0.664. The summed E-state index contributed by atoms with van der Waals surface area (Å²) in [7, 11) is 0. The number of halogens is 1. The first kappa shape index (κ1) is 15.4. The summed E-state index contributed by atoms with van der Waals surface area (Å²) >= 11 is 7.46. The van der Waals surface area contributed by atoms with E-state index in [1.165, 1.54) is 12.8 Å². The smallest absolute Gasteiger partial charge is 0.156 e. The van der Waals surface area contributed by atoms with Gasteiger partial charge in [-0.15, -0.1) is 0 Å². The summed E-state index contributed by atoms with van der Waals surface area (Å²) in [5.41, 5.74) is 6.98. The molecular formula is C16H19ClN4S. The lowest BCUT2D eigenvalue weighted by molar-refractivity contribution is 0.436. The number of nitrogens with two attached hydrogens (primary N) is 1. The first-order valence-corrected chi connectivity index (χ1v) is 8.62. The van der Waals surface area contributed by atoms with Crippen LogP contribution in [-0.2, 0) is 0 Å². The topological polar surface area (TPSA) is 55.0 Å². The molecule has 6 heteroatoms. The van der Waals surface area contributed by atoms with Gasteiger partial charge in [-0.25, -0.2) is 9.97 Å². The molecule has 0 saturated carbocycles. The van der Waals surface area contributed by atoms with E-state index in [0.717, 1.165) is 39.8 Å². The van der Waals surface area contributed by atoms with Gasteiger partial charge >= 0.3 is 0 Å². The zero-order valence-electron chi connectivity index (χ0n) is 12.5. The average Bonchev–Trinajstić information content (AvgIpc) is 2.53. The van der Waals surface area contributed by atoms with Crippen LogP contribution in [0, 0.1) is 5.92 Å². The van der Waals surface area contributed by atoms with Crippen molar-refractivity contribution < 1.29 is 0 Å². The Morgan fingerprint density at radius 3 is 2.55 bits per heavy atom. The van der Waals surface area contributed by atoms with E-state index in [9.17, 15) is 0 Å². The number of hydrogen-bond donors (Lipinski definition) is 1. The Morgan fingerprint density at radius 1 is 1.18 bits per heavy atom. The summed E-state index contributed by atoms with van der Waals surface area (Å²) in [5, 5.41) is 1.52. The highest BCUT2D eigenvalue weighted by Crippen LogP contribution is 2.35. The highest BCUT2D eigenvalue weighted by molar-refractivity contribution is 7.99. The lowest BCUT2D eigenvalue weighted by Crippen LogP contribution is -2.34. The normalized spacial score (nSPS) is 16.0. The third-order valence-corrected chi connectivity index (χ3v) is 5.22. The van der Waals surface area contributed by atoms with Gasteiger partial charge in [0.25, 0.3) is 0 Å². The number of benzene rings is 1. The monoisotopic (exact) mass is 334 g/mol. The van der Waals surface area contributed by atoms with E-state index in [2.05, 4.69) is 21.8 Å². The Balaban J connectivity index is 1.81. The number of hydrogen-bond acceptors (Lipinski definition) is 5. The zero-order chi connectivity index (χ0) is 15.5. The van der Waals surface area contributed by atoms with Gasteiger partial charge in [0.15, 0.2) is 5.82 Å². The van der Waals surface area contributed by atoms with Gasteiger partial charge in [0, 0.05) is 23.0 Å². The number of piperidine rings is 1. The highest BCUT2D eigenvalue weighted by Gasteiger charge is 2.20. The van der Waals surface area contributed by atoms with E-state index >= 15 is 0 Å². The largest absolute Gasteiger partial charge is 0.394 e. The maximum Gasteiger partial charge on any atom is 0.156 e. The molecule has 1 aromatic carbocycles. The van der Waals surface area contributed by atoms with E-state index in [1.54, 1.807) is 18.1 Å². The summed E-state index contributed by atoms with van der Waals surface area (Å²) in [5.74, 6) is 1.64. The molecule has 1 aromatic heterocycles. The van der Waals surface area contributed by atoms with Crippen LogP contribution in [0.4, 0.5) is 11.5 Å². The van der Waals surface area contributed by atoms with Crippen LogP contribution in [-0.4, -0.2) is 23.1 Å². The Hall–Kier alpha value is -1.46. The number of nitrogen functional groups attached to an aromatic ring is 1. The molecule has 0 unspecified atom stereocenters. The summed E-state index contributed by atoms with van der Waals surface area (Å²) in [6.07, 6.45) is 3.97. The predicted molar refractivity (Wildman–Crippen MR) is 92.6 cm³/mol. The van der Waals surface area contributed by atoms with Crippen LogP contribution < -0.4 is 10.6 Å². The molecule has 2 N–H and O–H groups in total. The van der Waals surface area contributed by atoms with Gasteiger partial charge in [-0.1, -0.05) is 30.3 Å². The van der Waals surface area contributed by atoms with Gasteiger partial charge in [-0.2, -0.15) is 0 Å². The van der Waals surface area contributed by atoms with Crippen LogP contribution in [0.2, 0.25) is 5.02 Å². The quantitative estimate of drug-likeness (QED) is 0.856. The molecule has 1 aliphatic rings. The summed E-state index contributed by atoms with van der Waals surface area (Å²) in [6, 6.07) is 7.68. The average molecular weight is 335 g/mol. The number of rotatable bonds is 3. The van der Waals surface area contributed by atoms with Crippen molar-refractivity contribution in [1.29, 1.82) is 0 Å². The molecule has 3 rings (SSSR count). The highest BCUT2D eigenvalue weighted by atomic mass is 35.5. The van der Waals surface area contributed by atoms with E-state index in [-0.39, 0.29) is 0 Å². The molecule has 0 spiro atoms. The van der Waals surface area contributed by atoms with E-state index in [0.29, 0.717) is 5.69 Å². The van der Waals surface area contributed by atoms with Crippen molar-refractivity contribution in [1.82, 2.24) is 9.97 Å². The molecule has 1 saturated heterocycles. The Bertz CT molecular complexity index is 639. The fourth-order valence-electron chi connectivity index (χ4n) is 2.54. The van der Waals surface area contributed by atoms with Gasteiger partial charge in [-0.05, 0) is 43.0 Å². The Morgan fingerprint density at radius 2 is 1.86 bits per heavy atom. The second-order valence-electron chi connectivity index (χ2n) is 5.64. The van der Waals surface area contributed by atoms with Crippen molar-refractivity contribution in [3.8, 4) is 0 Å². The van der Waals surface area contributed by atoms with Gasteiger partial charge in [0.05, 0.1) is 0 Å². The van der Waals surface area contributed by atoms with Gasteiger partial charge in [0.2, 0.25) is 0 Å². The molecule has 0 atom stereocenters. The fourth-order valence-corrected chi connectivity index (χ4v) is 3.46. The van der Waals surface area contributed by atoms with Crippen LogP contribution in [0.15, 0.2) is 40.5 Å². The van der Waals surface area contributed by atoms with Crippen LogP contribution in [0.5, 0.6) is 0 Å². The van der Waals surface area contributed by atoms with E-state index in [1.807, 2.05) is 24.3 Å². The first-order valence-electron chi connectivity index (χ1n) is 7.42. The van der Waals surface area contributed by atoms with Crippen LogP contribution in [0.3, 0.4) is 0 Å². The lowest BCUT2D eigenvalue weighted by atomic mass is 9.99. The second kappa shape index (κ2) is 6.75. The molecule has 0 amide bonds. The number of aromatic nitrogens is 2. The molecule has 1 fully saturated rings. The molecular weight excluding hydrogens is 316 g/mol. The van der Waals surface area contributed by atoms with E-state index < -0.39 is 0 Å². The number of nitrogens with zero attached hydrogens (tertiary/aromatic N) is 3. The van der Waals surface area contributed by atoms with Crippen LogP contribution in [0.1, 0.15) is 19.8 Å². The van der Waals surface area contributed by atoms with Crippen molar-refractivity contribution in [3.05, 3.63) is 35.6 Å². The van der Waals surface area contributed by atoms with Crippen LogP contribution in [0.25, 0.3) is 0 Å². The standard InChI is InChI=1S/C16H19ClN4S/c1-11-6-8-21(9-7-11)15-14(18)16(20-10-19-15)22-13-4-2-12(17)3-5-13/h2-5,10-11H,6-9,18H2,1H3. The molecule has 22 heavy (non-hydrogen) atoms. The SMILES string of the molecule is CC1CCN(c2ncnc(Sc3ccc(Cl)cc3)c2N)CC1. The minimum Gasteiger partial charge on any atom is -0.394 e. The van der Waals surface area contributed by atoms with Crippen molar-refractivity contribution in [3.63, 3.8) is 0 Å². The fraction of sp³-hybridized carbons (Fsp3) is 0.375. The molecule has 0 radical (unpaired) electrons. The lowest BCUT2D eigenvalue weighted by Gasteiger charge is -2.32. The first-order chi connectivity index (χ1) is 10.6. The molecule has 1 aliphatic heterocycles. The predicted octanol–water partition coefficient (Wildman–Crippen LogP) is 4.10. The summed E-state index contributed by atoms with van der Waals surface area (Å²) in [6.45, 7) is 4.31. The van der Waals surface area contributed by atoms with Crippen molar-refractivity contribution in [2.45, 2.75) is 29.7 Å². The van der Waals surface area contributed by atoms with Gasteiger partial charge in [-0.3, -0.25) is 0 Å². The summed E-state index contributed by atoms with van der Waals surface area (Å²) < 4.78 is 0. The van der Waals surface area contributed by atoms with E-state index in [4.69, 9.17) is 17.3 Å². The van der Waals surface area contributed by atoms with Crippen LogP contribution >= 0.6 is 23.4 Å². The third kappa shape index (κ3) is 3.47. The summed E-state index contributed by atoms with van der Waals surface area (Å²) in [4.78, 5) is 12.1. The maximum absolute atomic E-state index is 6.31. The molecule has 2 heterocycles. The molecule has 2 aromatic rings. The molecule has 0 aliphatic carbocycles. The Kier molecular flexibility index (Phi) is 4.74. The Labute approximate surface area is 140 Å². The minimum atomic E-state index is 0.664. The number of anilines is 2. The van der Waals surface area contributed by atoms with Gasteiger partial charge in [0.1, 0.15) is 17.0 Å². The zero-order valence-corrected chi connectivity index (χ0v) is 14.1. The molecule has 0 bridgehead atoms. The van der Waals surface area contributed by atoms with Crippen molar-refractivity contribution >= 4 is 34.9 Å². The molecule has 4 nitrogen and oxygen atoms in total. The van der Waals surface area contributed by atoms with Crippen molar-refractivity contribution in [2.75, 3.05) is 23.7 Å².